The van der Waals surface area contributed by atoms with E-state index in [0.29, 0.717) is 18.3 Å². The van der Waals surface area contributed by atoms with Gasteiger partial charge in [0.1, 0.15) is 48.8 Å². The second kappa shape index (κ2) is 14.7. The zero-order chi connectivity index (χ0) is 41.0. The topological polar surface area (TPSA) is 205 Å². The van der Waals surface area contributed by atoms with Gasteiger partial charge in [0, 0.05) is 0 Å². The lowest BCUT2D eigenvalue weighted by molar-refractivity contribution is -0.368. The molecule has 0 radical (unpaired) electrons. The minimum absolute atomic E-state index is 0.00631. The number of esters is 1. The Bertz CT molecular complexity index is 1500. The SMILES string of the molecule is COC(=O)[C@]12CCC(C)(C)C[C@H]1C1=CC[C@@H]3[C@@]4(C)CC[C@H](O[C@@H]5O[C@H](CO)[C@@H](O[C@H]6O[C@H](CO)[C@@H](O)[C@H](O)[C@H]6O)[C@H](O)[C@H]5O)C(C)(C)[C@@H]4CC[C@@]3(C)[C@]1(C)CC2. The summed E-state index contributed by atoms with van der Waals surface area (Å²) >= 11 is 0. The van der Waals surface area contributed by atoms with Gasteiger partial charge in [-0.05, 0) is 109 Å². The first-order valence-corrected chi connectivity index (χ1v) is 21.2. The number of methoxy groups -OCH3 is 1. The van der Waals surface area contributed by atoms with Crippen LogP contribution in [0.25, 0.3) is 0 Å². The van der Waals surface area contributed by atoms with Crippen molar-refractivity contribution in [2.45, 2.75) is 180 Å². The van der Waals surface area contributed by atoms with Crippen LogP contribution < -0.4 is 0 Å². The van der Waals surface area contributed by atoms with E-state index in [1.54, 1.807) is 7.11 Å². The molecule has 320 valence electrons. The molecule has 2 aliphatic heterocycles. The number of carbonyl (C=O) groups is 1. The van der Waals surface area contributed by atoms with Gasteiger partial charge < -0.3 is 59.4 Å². The van der Waals surface area contributed by atoms with Crippen LogP contribution in [0, 0.1) is 50.2 Å². The molecule has 13 heteroatoms. The van der Waals surface area contributed by atoms with Crippen LogP contribution in [-0.2, 0) is 28.5 Å². The largest absolute Gasteiger partial charge is 0.469 e. The molecule has 0 aromatic rings. The number of allylic oxidation sites excluding steroid dienone is 2. The van der Waals surface area contributed by atoms with Gasteiger partial charge in [0.25, 0.3) is 0 Å². The second-order valence-corrected chi connectivity index (χ2v) is 20.9. The molecular formula is C43H70O13. The summed E-state index contributed by atoms with van der Waals surface area (Å²) in [5.74, 6) is 0.856. The van der Waals surface area contributed by atoms with Crippen LogP contribution in [0.1, 0.15) is 113 Å². The standard InChI is InChI=1S/C43H70O13/c1-38(2)15-17-43(37(51)52-8)18-16-41(6)22(23(43)19-38)9-10-27-40(5)13-12-28(39(3,4)26(40)11-14-42(27,41)7)55-35-33(50)31(48)34(25(21-45)54-35)56-36-32(49)30(47)29(46)24(20-44)53-36/h9,23-36,44-50H,10-21H2,1-8H3/t23-,24+,25+,26-,27+,28-,29+,30-,31+,32+,33+,34+,35-,36+,40-,41+,42+,43-/m0/s1. The van der Waals surface area contributed by atoms with E-state index in [1.165, 1.54) is 5.57 Å². The van der Waals surface area contributed by atoms with E-state index in [2.05, 4.69) is 54.5 Å². The van der Waals surface area contributed by atoms with Gasteiger partial charge in [0.15, 0.2) is 12.6 Å². The molecule has 0 amide bonds. The lowest BCUT2D eigenvalue weighted by Gasteiger charge is -2.71. The van der Waals surface area contributed by atoms with Gasteiger partial charge in [-0.1, -0.05) is 60.1 Å². The van der Waals surface area contributed by atoms with Crippen LogP contribution in [0.2, 0.25) is 0 Å². The van der Waals surface area contributed by atoms with Gasteiger partial charge in [-0.25, -0.2) is 0 Å². The Kier molecular flexibility index (Phi) is 11.3. The molecule has 5 aliphatic carbocycles. The van der Waals surface area contributed by atoms with E-state index in [4.69, 9.17) is 23.7 Å². The summed E-state index contributed by atoms with van der Waals surface area (Å²) in [6.45, 7) is 15.4. The first-order chi connectivity index (χ1) is 26.2. The Labute approximate surface area is 332 Å². The van der Waals surface area contributed by atoms with E-state index in [-0.39, 0.29) is 45.1 Å². The molecule has 0 aromatic heterocycles. The number of ether oxygens (including phenoxy) is 5. The van der Waals surface area contributed by atoms with Crippen molar-refractivity contribution in [1.29, 1.82) is 0 Å². The van der Waals surface area contributed by atoms with E-state index < -0.39 is 80.0 Å². The van der Waals surface area contributed by atoms with Gasteiger partial charge in [-0.3, -0.25) is 4.79 Å². The highest BCUT2D eigenvalue weighted by Crippen LogP contribution is 2.76. The van der Waals surface area contributed by atoms with Gasteiger partial charge in [0.05, 0.1) is 31.8 Å². The highest BCUT2D eigenvalue weighted by Gasteiger charge is 2.70. The maximum absolute atomic E-state index is 13.6. The maximum atomic E-state index is 13.6. The van der Waals surface area contributed by atoms with Crippen molar-refractivity contribution in [2.24, 2.45) is 50.2 Å². The first kappa shape index (κ1) is 42.9. The zero-order valence-corrected chi connectivity index (χ0v) is 34.7. The van der Waals surface area contributed by atoms with Crippen LogP contribution in [0.3, 0.4) is 0 Å². The molecule has 0 bridgehead atoms. The third kappa shape index (κ3) is 6.31. The number of hydrogen-bond acceptors (Lipinski definition) is 13. The minimum Gasteiger partial charge on any atom is -0.469 e. The summed E-state index contributed by atoms with van der Waals surface area (Å²) in [6.07, 6.45) is -3.36. The Hall–Kier alpha value is -1.23. The quantitative estimate of drug-likeness (QED) is 0.113. The average Bonchev–Trinajstić information content (AvgIpc) is 3.15. The molecule has 7 rings (SSSR count). The van der Waals surface area contributed by atoms with Crippen molar-refractivity contribution in [2.75, 3.05) is 20.3 Å². The number of aliphatic hydroxyl groups is 7. The monoisotopic (exact) mass is 794 g/mol. The number of aliphatic hydroxyl groups excluding tert-OH is 7. The second-order valence-electron chi connectivity index (χ2n) is 20.9. The van der Waals surface area contributed by atoms with Gasteiger partial charge in [0.2, 0.25) is 0 Å². The molecular weight excluding hydrogens is 724 g/mol. The fourth-order valence-corrected chi connectivity index (χ4v) is 13.9. The molecule has 6 fully saturated rings. The van der Waals surface area contributed by atoms with Crippen molar-refractivity contribution < 1.29 is 64.2 Å². The summed E-state index contributed by atoms with van der Waals surface area (Å²) in [7, 11) is 1.55. The smallest absolute Gasteiger partial charge is 0.312 e. The van der Waals surface area contributed by atoms with Gasteiger partial charge >= 0.3 is 5.97 Å². The zero-order valence-electron chi connectivity index (χ0n) is 34.7. The van der Waals surface area contributed by atoms with Crippen molar-refractivity contribution in [1.82, 2.24) is 0 Å². The van der Waals surface area contributed by atoms with Crippen molar-refractivity contribution in [3.8, 4) is 0 Å². The van der Waals surface area contributed by atoms with Crippen LogP contribution in [0.15, 0.2) is 11.6 Å². The Balaban J connectivity index is 1.09. The van der Waals surface area contributed by atoms with Crippen LogP contribution >= 0.6 is 0 Å². The van der Waals surface area contributed by atoms with Crippen LogP contribution in [0.4, 0.5) is 0 Å². The number of carbonyl (C=O) groups excluding carboxylic acids is 1. The van der Waals surface area contributed by atoms with Gasteiger partial charge in [-0.2, -0.15) is 0 Å². The summed E-state index contributed by atoms with van der Waals surface area (Å²) in [5, 5.41) is 73.6. The van der Waals surface area contributed by atoms with Crippen molar-refractivity contribution >= 4 is 5.97 Å². The molecule has 7 N–H and O–H groups in total. The van der Waals surface area contributed by atoms with E-state index in [9.17, 15) is 40.5 Å². The van der Waals surface area contributed by atoms with E-state index in [1.807, 2.05) is 0 Å². The molecule has 2 heterocycles. The average molecular weight is 795 g/mol. The van der Waals surface area contributed by atoms with Crippen LogP contribution in [-0.4, -0.2) is 130 Å². The predicted octanol–water partition coefficient (Wildman–Crippen LogP) is 2.97. The summed E-state index contributed by atoms with van der Waals surface area (Å²) in [4.78, 5) is 13.6. The highest BCUT2D eigenvalue weighted by molar-refractivity contribution is 5.78. The summed E-state index contributed by atoms with van der Waals surface area (Å²) in [6, 6.07) is 0. The normalized spacial score (nSPS) is 52.4. The molecule has 13 nitrogen and oxygen atoms in total. The lowest BCUT2D eigenvalue weighted by atomic mass is 9.33. The van der Waals surface area contributed by atoms with E-state index in [0.717, 1.165) is 57.8 Å². The Morgan fingerprint density at radius 1 is 0.732 bits per heavy atom. The van der Waals surface area contributed by atoms with Crippen LogP contribution in [0.5, 0.6) is 0 Å². The van der Waals surface area contributed by atoms with Gasteiger partial charge in [-0.15, -0.1) is 0 Å². The first-order valence-electron chi connectivity index (χ1n) is 21.2. The third-order valence-electron chi connectivity index (χ3n) is 17.4. The molecule has 56 heavy (non-hydrogen) atoms. The number of rotatable bonds is 7. The van der Waals surface area contributed by atoms with Crippen molar-refractivity contribution in [3.63, 3.8) is 0 Å². The molecule has 18 atom stereocenters. The predicted molar refractivity (Wildman–Crippen MR) is 202 cm³/mol. The Morgan fingerprint density at radius 2 is 1.36 bits per heavy atom. The fourth-order valence-electron chi connectivity index (χ4n) is 13.9. The maximum Gasteiger partial charge on any atom is 0.312 e. The summed E-state index contributed by atoms with van der Waals surface area (Å²) in [5.41, 5.74) is 0.852. The molecule has 0 unspecified atom stereocenters. The number of fused-ring (bicyclic) bond motifs is 7. The molecule has 7 aliphatic rings. The third-order valence-corrected chi connectivity index (χ3v) is 17.4. The molecule has 4 saturated carbocycles. The van der Waals surface area contributed by atoms with Crippen molar-refractivity contribution in [3.05, 3.63) is 11.6 Å². The number of hydrogen-bond donors (Lipinski definition) is 7. The fraction of sp³-hybridized carbons (Fsp3) is 0.930. The molecule has 0 spiro atoms. The molecule has 2 saturated heterocycles. The minimum atomic E-state index is -1.74. The highest BCUT2D eigenvalue weighted by atomic mass is 16.7. The van der Waals surface area contributed by atoms with E-state index >= 15 is 0 Å². The Morgan fingerprint density at radius 3 is 2.02 bits per heavy atom. The molecule has 0 aromatic carbocycles. The summed E-state index contributed by atoms with van der Waals surface area (Å²) < 4.78 is 29.5. The lowest BCUT2D eigenvalue weighted by Crippen LogP contribution is -2.66.